The summed E-state index contributed by atoms with van der Waals surface area (Å²) in [6.07, 6.45) is 5.58. The van der Waals surface area contributed by atoms with Gasteiger partial charge in [0.2, 0.25) is 5.91 Å². The lowest BCUT2D eigenvalue weighted by Crippen LogP contribution is -2.62. The first-order chi connectivity index (χ1) is 11.6. The van der Waals surface area contributed by atoms with E-state index in [4.69, 9.17) is 4.74 Å². The molecule has 1 spiro atoms. The molecule has 2 aliphatic heterocycles. The topological polar surface area (TPSA) is 61.8 Å². The monoisotopic (exact) mass is 338 g/mol. The first kappa shape index (κ1) is 18.2. The Bertz CT molecular complexity index is 426. The van der Waals surface area contributed by atoms with Crippen LogP contribution in [0.5, 0.6) is 0 Å². The molecule has 1 aliphatic carbocycles. The molecular formula is C19H34N2O3. The summed E-state index contributed by atoms with van der Waals surface area (Å²) < 4.78 is 5.81. The van der Waals surface area contributed by atoms with Crippen molar-refractivity contribution in [3.05, 3.63) is 0 Å². The number of likely N-dealkylation sites (tertiary alicyclic amines) is 1. The van der Waals surface area contributed by atoms with Gasteiger partial charge < -0.3 is 20.1 Å². The SMILES string of the molecule is CCOC1CC(O)C12CCN(C(=O)CC(C)C1CCCNC1)CC2. The molecule has 5 heteroatoms. The number of aliphatic hydroxyl groups excluding tert-OH is 1. The van der Waals surface area contributed by atoms with E-state index in [1.54, 1.807) is 0 Å². The minimum absolute atomic E-state index is 0.0916. The molecule has 2 N–H and O–H groups in total. The second-order valence-corrected chi connectivity index (χ2v) is 8.10. The molecular weight excluding hydrogens is 304 g/mol. The average molecular weight is 338 g/mol. The van der Waals surface area contributed by atoms with Gasteiger partial charge in [-0.15, -0.1) is 0 Å². The lowest BCUT2D eigenvalue weighted by molar-refractivity contribution is -0.210. The minimum atomic E-state index is -0.251. The van der Waals surface area contributed by atoms with Gasteiger partial charge in [-0.1, -0.05) is 6.92 Å². The Morgan fingerprint density at radius 2 is 2.17 bits per heavy atom. The predicted octanol–water partition coefficient (Wildman–Crippen LogP) is 1.79. The fourth-order valence-corrected chi connectivity index (χ4v) is 4.92. The number of amides is 1. The lowest BCUT2D eigenvalue weighted by atomic mass is 9.58. The quantitative estimate of drug-likeness (QED) is 0.802. The Labute approximate surface area is 146 Å². The average Bonchev–Trinajstić information content (AvgIpc) is 2.62. The van der Waals surface area contributed by atoms with E-state index in [-0.39, 0.29) is 17.6 Å². The first-order valence-corrected chi connectivity index (χ1v) is 9.85. The van der Waals surface area contributed by atoms with E-state index in [9.17, 15) is 9.90 Å². The second kappa shape index (κ2) is 7.71. The summed E-state index contributed by atoms with van der Waals surface area (Å²) in [6.45, 7) is 8.66. The van der Waals surface area contributed by atoms with Gasteiger partial charge in [-0.05, 0) is 57.5 Å². The molecule has 3 rings (SSSR count). The molecule has 4 atom stereocenters. The smallest absolute Gasteiger partial charge is 0.222 e. The summed E-state index contributed by atoms with van der Waals surface area (Å²) in [5.74, 6) is 1.38. The third kappa shape index (κ3) is 3.49. The first-order valence-electron chi connectivity index (χ1n) is 9.85. The number of piperidine rings is 2. The molecule has 2 heterocycles. The number of carbonyl (C=O) groups is 1. The van der Waals surface area contributed by atoms with Gasteiger partial charge in [0, 0.05) is 38.0 Å². The van der Waals surface area contributed by atoms with E-state index in [0.717, 1.165) is 45.4 Å². The minimum Gasteiger partial charge on any atom is -0.392 e. The number of carbonyl (C=O) groups excluding carboxylic acids is 1. The van der Waals surface area contributed by atoms with Crippen molar-refractivity contribution in [3.63, 3.8) is 0 Å². The Morgan fingerprint density at radius 3 is 2.75 bits per heavy atom. The van der Waals surface area contributed by atoms with Crippen LogP contribution in [0.15, 0.2) is 0 Å². The van der Waals surface area contributed by atoms with Crippen molar-refractivity contribution in [1.29, 1.82) is 0 Å². The van der Waals surface area contributed by atoms with Crippen molar-refractivity contribution < 1.29 is 14.6 Å². The molecule has 3 aliphatic rings. The van der Waals surface area contributed by atoms with Crippen LogP contribution in [-0.2, 0) is 9.53 Å². The molecule has 0 radical (unpaired) electrons. The van der Waals surface area contributed by atoms with Crippen LogP contribution in [0.1, 0.15) is 52.4 Å². The number of ether oxygens (including phenoxy) is 1. The third-order valence-electron chi connectivity index (χ3n) is 6.79. The van der Waals surface area contributed by atoms with Crippen LogP contribution < -0.4 is 5.32 Å². The zero-order chi connectivity index (χ0) is 17.2. The summed E-state index contributed by atoms with van der Waals surface area (Å²) in [7, 11) is 0. The molecule has 24 heavy (non-hydrogen) atoms. The van der Waals surface area contributed by atoms with Crippen molar-refractivity contribution in [2.45, 2.75) is 64.6 Å². The normalized spacial score (nSPS) is 34.0. The van der Waals surface area contributed by atoms with Gasteiger partial charge in [0.15, 0.2) is 0 Å². The zero-order valence-electron chi connectivity index (χ0n) is 15.3. The van der Waals surface area contributed by atoms with Crippen LogP contribution in [0.2, 0.25) is 0 Å². The number of nitrogens with zero attached hydrogens (tertiary/aromatic N) is 1. The van der Waals surface area contributed by atoms with Crippen LogP contribution >= 0.6 is 0 Å². The summed E-state index contributed by atoms with van der Waals surface area (Å²) in [4.78, 5) is 14.7. The van der Waals surface area contributed by atoms with Crippen molar-refractivity contribution in [3.8, 4) is 0 Å². The van der Waals surface area contributed by atoms with Crippen LogP contribution in [-0.4, -0.2) is 60.9 Å². The van der Waals surface area contributed by atoms with Crippen LogP contribution in [0, 0.1) is 17.3 Å². The largest absolute Gasteiger partial charge is 0.392 e. The standard InChI is InChI=1S/C19H34N2O3/c1-3-24-17-12-16(22)19(17)6-9-21(10-7-19)18(23)11-14(2)15-5-4-8-20-13-15/h14-17,20,22H,3-13H2,1-2H3. The highest BCUT2D eigenvalue weighted by molar-refractivity contribution is 5.76. The van der Waals surface area contributed by atoms with E-state index in [0.29, 0.717) is 30.8 Å². The fraction of sp³-hybridized carbons (Fsp3) is 0.947. The highest BCUT2D eigenvalue weighted by Gasteiger charge is 2.56. The van der Waals surface area contributed by atoms with Gasteiger partial charge in [-0.25, -0.2) is 0 Å². The Balaban J connectivity index is 1.48. The Morgan fingerprint density at radius 1 is 1.42 bits per heavy atom. The van der Waals surface area contributed by atoms with Crippen LogP contribution in [0.4, 0.5) is 0 Å². The van der Waals surface area contributed by atoms with E-state index >= 15 is 0 Å². The molecule has 138 valence electrons. The van der Waals surface area contributed by atoms with Gasteiger partial charge in [-0.2, -0.15) is 0 Å². The van der Waals surface area contributed by atoms with Gasteiger partial charge in [0.1, 0.15) is 0 Å². The summed E-state index contributed by atoms with van der Waals surface area (Å²) >= 11 is 0. The van der Waals surface area contributed by atoms with Crippen molar-refractivity contribution >= 4 is 5.91 Å². The number of hydrogen-bond acceptors (Lipinski definition) is 4. The van der Waals surface area contributed by atoms with Crippen molar-refractivity contribution in [2.75, 3.05) is 32.8 Å². The molecule has 1 amide bonds. The molecule has 0 aromatic rings. The fourth-order valence-electron chi connectivity index (χ4n) is 4.92. The highest BCUT2D eigenvalue weighted by Crippen LogP contribution is 2.51. The second-order valence-electron chi connectivity index (χ2n) is 8.10. The maximum atomic E-state index is 12.7. The highest BCUT2D eigenvalue weighted by atomic mass is 16.5. The number of hydrogen-bond donors (Lipinski definition) is 2. The molecule has 1 saturated carbocycles. The lowest BCUT2D eigenvalue weighted by Gasteiger charge is -2.56. The molecule has 2 saturated heterocycles. The van der Waals surface area contributed by atoms with E-state index in [1.165, 1.54) is 12.8 Å². The van der Waals surface area contributed by atoms with Gasteiger partial charge >= 0.3 is 0 Å². The molecule has 5 nitrogen and oxygen atoms in total. The summed E-state index contributed by atoms with van der Waals surface area (Å²) in [5, 5.41) is 13.7. The Hall–Kier alpha value is -0.650. The maximum Gasteiger partial charge on any atom is 0.222 e. The molecule has 0 aromatic carbocycles. The van der Waals surface area contributed by atoms with Crippen molar-refractivity contribution in [1.82, 2.24) is 10.2 Å². The maximum absolute atomic E-state index is 12.7. The van der Waals surface area contributed by atoms with E-state index in [2.05, 4.69) is 12.2 Å². The molecule has 0 bridgehead atoms. The van der Waals surface area contributed by atoms with E-state index < -0.39 is 0 Å². The number of rotatable bonds is 5. The Kier molecular flexibility index (Phi) is 5.83. The van der Waals surface area contributed by atoms with Gasteiger partial charge in [0.25, 0.3) is 0 Å². The molecule has 0 aromatic heterocycles. The van der Waals surface area contributed by atoms with Gasteiger partial charge in [-0.3, -0.25) is 4.79 Å². The third-order valence-corrected chi connectivity index (χ3v) is 6.79. The molecule has 3 fully saturated rings. The van der Waals surface area contributed by atoms with Crippen LogP contribution in [0.3, 0.4) is 0 Å². The van der Waals surface area contributed by atoms with Gasteiger partial charge in [0.05, 0.1) is 12.2 Å². The predicted molar refractivity (Wildman–Crippen MR) is 93.7 cm³/mol. The number of nitrogens with one attached hydrogen (secondary N) is 1. The summed E-state index contributed by atoms with van der Waals surface area (Å²) in [6, 6.07) is 0. The van der Waals surface area contributed by atoms with Crippen molar-refractivity contribution in [2.24, 2.45) is 17.3 Å². The zero-order valence-corrected chi connectivity index (χ0v) is 15.3. The molecule has 4 unspecified atom stereocenters. The van der Waals surface area contributed by atoms with Crippen LogP contribution in [0.25, 0.3) is 0 Å². The summed E-state index contributed by atoms with van der Waals surface area (Å²) in [5.41, 5.74) is -0.0916. The number of aliphatic hydroxyl groups is 1. The van der Waals surface area contributed by atoms with E-state index in [1.807, 2.05) is 11.8 Å².